The van der Waals surface area contributed by atoms with E-state index in [1.807, 2.05) is 0 Å². The normalized spacial score (nSPS) is 11.0. The zero-order chi connectivity index (χ0) is 15.2. The van der Waals surface area contributed by atoms with Crippen molar-refractivity contribution in [2.45, 2.75) is 46.0 Å². The topological polar surface area (TPSA) is 64.9 Å². The van der Waals surface area contributed by atoms with Crippen molar-refractivity contribution in [3.63, 3.8) is 0 Å². The monoisotopic (exact) mass is 351 g/mol. The van der Waals surface area contributed by atoms with Gasteiger partial charge in [0, 0.05) is 16.5 Å². The van der Waals surface area contributed by atoms with Crippen LogP contribution in [0.1, 0.15) is 42.7 Å². The molecule has 0 bridgehead atoms. The predicted octanol–water partition coefficient (Wildman–Crippen LogP) is 4.18. The number of rotatable bonds is 7. The van der Waals surface area contributed by atoms with E-state index in [9.17, 15) is 0 Å². The molecular formula is C16H22BrN3O. The highest BCUT2D eigenvalue weighted by molar-refractivity contribution is 9.10. The molecule has 0 aliphatic carbocycles. The summed E-state index contributed by atoms with van der Waals surface area (Å²) >= 11 is 3.57. The summed E-state index contributed by atoms with van der Waals surface area (Å²) < 4.78 is 6.47. The third-order valence-corrected chi connectivity index (χ3v) is 4.76. The van der Waals surface area contributed by atoms with Crippen LogP contribution < -0.4 is 5.73 Å². The number of halogens is 1. The number of hydrogen-bond donors (Lipinski definition) is 1. The molecule has 0 saturated heterocycles. The van der Waals surface area contributed by atoms with Crippen molar-refractivity contribution < 1.29 is 4.52 Å². The number of benzene rings is 1. The number of nitrogens with zero attached hydrogens (tertiary/aromatic N) is 2. The fourth-order valence-corrected chi connectivity index (χ4v) is 2.55. The first-order valence-electron chi connectivity index (χ1n) is 7.41. The van der Waals surface area contributed by atoms with Gasteiger partial charge in [0.05, 0.1) is 0 Å². The number of aromatic nitrogens is 2. The Kier molecular flexibility index (Phi) is 5.94. The summed E-state index contributed by atoms with van der Waals surface area (Å²) in [4.78, 5) is 4.49. The van der Waals surface area contributed by atoms with Crippen molar-refractivity contribution in [3.8, 4) is 11.4 Å². The zero-order valence-electron chi connectivity index (χ0n) is 12.7. The van der Waals surface area contributed by atoms with Gasteiger partial charge >= 0.3 is 0 Å². The summed E-state index contributed by atoms with van der Waals surface area (Å²) in [7, 11) is 0. The number of nitrogens with two attached hydrogens (primary N) is 1. The summed E-state index contributed by atoms with van der Waals surface area (Å²) in [6.45, 7) is 4.91. The van der Waals surface area contributed by atoms with Gasteiger partial charge in [-0.15, -0.1) is 0 Å². The Morgan fingerprint density at radius 3 is 2.43 bits per heavy atom. The molecule has 2 aromatic rings. The maximum absolute atomic E-state index is 5.48. The van der Waals surface area contributed by atoms with Crippen LogP contribution in [0.3, 0.4) is 0 Å². The van der Waals surface area contributed by atoms with Gasteiger partial charge in [-0.2, -0.15) is 4.98 Å². The first-order chi connectivity index (χ1) is 10.1. The van der Waals surface area contributed by atoms with Crippen molar-refractivity contribution in [1.29, 1.82) is 0 Å². The smallest absolute Gasteiger partial charge is 0.226 e. The van der Waals surface area contributed by atoms with Crippen molar-refractivity contribution in [1.82, 2.24) is 10.1 Å². The van der Waals surface area contributed by atoms with Crippen LogP contribution in [-0.2, 0) is 6.42 Å². The molecule has 2 rings (SSSR count). The minimum Gasteiger partial charge on any atom is -0.339 e. The molecule has 0 fully saturated rings. The molecule has 1 heterocycles. The molecule has 0 spiro atoms. The van der Waals surface area contributed by atoms with E-state index in [1.54, 1.807) is 0 Å². The predicted molar refractivity (Wildman–Crippen MR) is 88.1 cm³/mol. The Bertz CT molecular complexity index is 572. The van der Waals surface area contributed by atoms with E-state index in [0.29, 0.717) is 5.82 Å². The molecule has 0 aliphatic rings. The average Bonchev–Trinajstić information content (AvgIpc) is 2.93. The Hall–Kier alpha value is -1.20. The number of hydrogen-bond acceptors (Lipinski definition) is 4. The molecule has 5 heteroatoms. The van der Waals surface area contributed by atoms with Gasteiger partial charge in [-0.25, -0.2) is 0 Å². The quantitative estimate of drug-likeness (QED) is 0.760. The molecule has 21 heavy (non-hydrogen) atoms. The molecule has 0 amide bonds. The first kappa shape index (κ1) is 16.2. The summed E-state index contributed by atoms with van der Waals surface area (Å²) in [6, 6.07) is 4.15. The van der Waals surface area contributed by atoms with E-state index in [2.05, 4.69) is 52.1 Å². The minimum atomic E-state index is 0.672. The summed E-state index contributed by atoms with van der Waals surface area (Å²) in [5.41, 5.74) is 8.84. The molecule has 4 nitrogen and oxygen atoms in total. The second-order valence-corrected chi connectivity index (χ2v) is 6.18. The van der Waals surface area contributed by atoms with E-state index in [-0.39, 0.29) is 0 Å². The lowest BCUT2D eigenvalue weighted by molar-refractivity contribution is 0.374. The molecular weight excluding hydrogens is 330 g/mol. The second-order valence-electron chi connectivity index (χ2n) is 5.39. The van der Waals surface area contributed by atoms with Gasteiger partial charge in [0.1, 0.15) is 0 Å². The van der Waals surface area contributed by atoms with Crippen LogP contribution >= 0.6 is 15.9 Å². The van der Waals surface area contributed by atoms with Gasteiger partial charge in [0.15, 0.2) is 0 Å². The van der Waals surface area contributed by atoms with Crippen LogP contribution in [0.25, 0.3) is 11.4 Å². The second kappa shape index (κ2) is 7.71. The fourth-order valence-electron chi connectivity index (χ4n) is 2.32. The molecule has 0 radical (unpaired) electrons. The maximum Gasteiger partial charge on any atom is 0.226 e. The highest BCUT2D eigenvalue weighted by Gasteiger charge is 2.11. The van der Waals surface area contributed by atoms with Crippen molar-refractivity contribution in [3.05, 3.63) is 33.6 Å². The van der Waals surface area contributed by atoms with Crippen LogP contribution in [0.4, 0.5) is 0 Å². The average molecular weight is 352 g/mol. The van der Waals surface area contributed by atoms with Crippen LogP contribution in [0.15, 0.2) is 21.1 Å². The molecule has 0 atom stereocenters. The van der Waals surface area contributed by atoms with E-state index in [0.717, 1.165) is 48.2 Å². The molecule has 1 aromatic carbocycles. The third-order valence-electron chi connectivity index (χ3n) is 3.51. The summed E-state index contributed by atoms with van der Waals surface area (Å²) in [5.74, 6) is 1.39. The van der Waals surface area contributed by atoms with Crippen LogP contribution in [0.5, 0.6) is 0 Å². The van der Waals surface area contributed by atoms with Gasteiger partial charge in [-0.1, -0.05) is 33.9 Å². The lowest BCUT2D eigenvalue weighted by Crippen LogP contribution is -1.97. The molecule has 2 N–H and O–H groups in total. The summed E-state index contributed by atoms with van der Waals surface area (Å²) in [6.07, 6.45) is 5.33. The maximum atomic E-state index is 5.48. The standard InChI is InChI=1S/C16H22BrN3O/c1-11-9-13(10-12(2)15(11)17)16-19-14(21-20-16)7-5-3-4-6-8-18/h9-10H,3-8,18H2,1-2H3. The van der Waals surface area contributed by atoms with Gasteiger partial charge in [-0.3, -0.25) is 0 Å². The molecule has 0 saturated carbocycles. The Balaban J connectivity index is 1.99. The SMILES string of the molecule is Cc1cc(-c2noc(CCCCCCN)n2)cc(C)c1Br. The van der Waals surface area contributed by atoms with Crippen LogP contribution in [-0.4, -0.2) is 16.7 Å². The fraction of sp³-hybridized carbons (Fsp3) is 0.500. The molecule has 1 aromatic heterocycles. The van der Waals surface area contributed by atoms with Gasteiger partial charge in [0.2, 0.25) is 11.7 Å². The Labute approximate surface area is 134 Å². The molecule has 0 aliphatic heterocycles. The largest absolute Gasteiger partial charge is 0.339 e. The van der Waals surface area contributed by atoms with E-state index in [1.165, 1.54) is 17.5 Å². The Morgan fingerprint density at radius 1 is 1.10 bits per heavy atom. The first-order valence-corrected chi connectivity index (χ1v) is 8.21. The highest BCUT2D eigenvalue weighted by Crippen LogP contribution is 2.27. The van der Waals surface area contributed by atoms with E-state index >= 15 is 0 Å². The van der Waals surface area contributed by atoms with Crippen molar-refractivity contribution >= 4 is 15.9 Å². The number of unbranched alkanes of at least 4 members (excludes halogenated alkanes) is 3. The highest BCUT2D eigenvalue weighted by atomic mass is 79.9. The van der Waals surface area contributed by atoms with Crippen LogP contribution in [0, 0.1) is 13.8 Å². The lowest BCUT2D eigenvalue weighted by Gasteiger charge is -2.04. The Morgan fingerprint density at radius 2 is 1.76 bits per heavy atom. The zero-order valence-corrected chi connectivity index (χ0v) is 14.2. The lowest BCUT2D eigenvalue weighted by atomic mass is 10.1. The van der Waals surface area contributed by atoms with Crippen LogP contribution in [0.2, 0.25) is 0 Å². The van der Waals surface area contributed by atoms with E-state index in [4.69, 9.17) is 10.3 Å². The van der Waals surface area contributed by atoms with Gasteiger partial charge in [0.25, 0.3) is 0 Å². The molecule has 114 valence electrons. The van der Waals surface area contributed by atoms with E-state index < -0.39 is 0 Å². The summed E-state index contributed by atoms with van der Waals surface area (Å²) in [5, 5.41) is 4.09. The number of aryl methyl sites for hydroxylation is 3. The molecule has 0 unspecified atom stereocenters. The van der Waals surface area contributed by atoms with Crippen molar-refractivity contribution in [2.24, 2.45) is 5.73 Å². The van der Waals surface area contributed by atoms with Gasteiger partial charge in [-0.05, 0) is 56.5 Å². The van der Waals surface area contributed by atoms with Crippen molar-refractivity contribution in [2.75, 3.05) is 6.54 Å². The minimum absolute atomic E-state index is 0.672. The van der Waals surface area contributed by atoms with Gasteiger partial charge < -0.3 is 10.3 Å². The third kappa shape index (κ3) is 4.38.